The Morgan fingerprint density at radius 1 is 1.53 bits per heavy atom. The number of nitrogens with two attached hydrogens (primary N) is 1. The topological polar surface area (TPSA) is 100 Å². The molecule has 1 heterocycles. The molecule has 1 fully saturated rings. The van der Waals surface area contributed by atoms with Crippen molar-refractivity contribution in [1.82, 2.24) is 10.2 Å². The molecule has 0 spiro atoms. The van der Waals surface area contributed by atoms with E-state index < -0.39 is 5.54 Å². The number of carbonyl (C=O) groups is 1. The number of oxime groups is 1. The number of nitrogens with one attached hydrogen (secondary N) is 1. The fourth-order valence-corrected chi connectivity index (χ4v) is 2.25. The van der Waals surface area contributed by atoms with Crippen LogP contribution in [0.2, 0.25) is 0 Å². The number of hydrogen-bond donors (Lipinski definition) is 3. The van der Waals surface area contributed by atoms with Gasteiger partial charge in [-0.3, -0.25) is 4.79 Å². The van der Waals surface area contributed by atoms with Gasteiger partial charge in [0.1, 0.15) is 5.54 Å². The Bertz CT molecular complexity index is 325. The van der Waals surface area contributed by atoms with Gasteiger partial charge in [-0.15, -0.1) is 0 Å². The van der Waals surface area contributed by atoms with Crippen LogP contribution >= 0.6 is 0 Å². The van der Waals surface area contributed by atoms with E-state index >= 15 is 0 Å². The van der Waals surface area contributed by atoms with Gasteiger partial charge < -0.3 is 25.9 Å². The zero-order chi connectivity index (χ0) is 14.3. The molecule has 7 heteroatoms. The molecule has 0 saturated carbocycles. The van der Waals surface area contributed by atoms with Crippen LogP contribution in [0.3, 0.4) is 0 Å². The van der Waals surface area contributed by atoms with Gasteiger partial charge in [0.25, 0.3) is 0 Å². The lowest BCUT2D eigenvalue weighted by atomic mass is 9.86. The smallest absolute Gasteiger partial charge is 0.220 e. The highest BCUT2D eigenvalue weighted by Gasteiger charge is 2.39. The summed E-state index contributed by atoms with van der Waals surface area (Å²) in [4.78, 5) is 14.1. The second-order valence-electron chi connectivity index (χ2n) is 5.02. The van der Waals surface area contributed by atoms with E-state index in [0.717, 1.165) is 13.1 Å². The summed E-state index contributed by atoms with van der Waals surface area (Å²) >= 11 is 0. The highest BCUT2D eigenvalue weighted by atomic mass is 16.5. The molecule has 0 atom stereocenters. The number of rotatable bonds is 6. The van der Waals surface area contributed by atoms with Crippen LogP contribution in [-0.4, -0.2) is 61.2 Å². The predicted molar refractivity (Wildman–Crippen MR) is 72.1 cm³/mol. The van der Waals surface area contributed by atoms with Gasteiger partial charge in [0, 0.05) is 33.2 Å². The fourth-order valence-electron chi connectivity index (χ4n) is 2.25. The molecule has 0 aromatic carbocycles. The minimum Gasteiger partial charge on any atom is -0.409 e. The fraction of sp³-hybridized carbons (Fsp3) is 0.833. The van der Waals surface area contributed by atoms with Gasteiger partial charge in [0.2, 0.25) is 5.91 Å². The van der Waals surface area contributed by atoms with Crippen molar-refractivity contribution in [3.05, 3.63) is 0 Å². The van der Waals surface area contributed by atoms with Crippen molar-refractivity contribution >= 4 is 11.7 Å². The van der Waals surface area contributed by atoms with E-state index in [0.29, 0.717) is 32.3 Å². The second-order valence-corrected chi connectivity index (χ2v) is 5.02. The molecule has 1 saturated heterocycles. The summed E-state index contributed by atoms with van der Waals surface area (Å²) in [5, 5.41) is 14.9. The highest BCUT2D eigenvalue weighted by Crippen LogP contribution is 2.22. The van der Waals surface area contributed by atoms with Crippen molar-refractivity contribution in [3.8, 4) is 0 Å². The van der Waals surface area contributed by atoms with Crippen molar-refractivity contribution in [1.29, 1.82) is 0 Å². The SMILES string of the molecule is COCCCC(=O)NC1(C(N)=NO)CCN(C)CC1. The van der Waals surface area contributed by atoms with E-state index in [1.807, 2.05) is 7.05 Å². The van der Waals surface area contributed by atoms with E-state index in [-0.39, 0.29) is 11.7 Å². The summed E-state index contributed by atoms with van der Waals surface area (Å²) in [6, 6.07) is 0. The van der Waals surface area contributed by atoms with E-state index in [1.165, 1.54) is 0 Å². The monoisotopic (exact) mass is 272 g/mol. The minimum atomic E-state index is -0.717. The first kappa shape index (κ1) is 15.7. The lowest BCUT2D eigenvalue weighted by molar-refractivity contribution is -0.123. The maximum absolute atomic E-state index is 11.9. The molecule has 4 N–H and O–H groups in total. The Balaban J connectivity index is 2.63. The number of piperidine rings is 1. The molecule has 7 nitrogen and oxygen atoms in total. The Morgan fingerprint density at radius 2 is 2.16 bits per heavy atom. The molecule has 0 aromatic rings. The van der Waals surface area contributed by atoms with Crippen molar-refractivity contribution < 1.29 is 14.7 Å². The van der Waals surface area contributed by atoms with Gasteiger partial charge >= 0.3 is 0 Å². The zero-order valence-electron chi connectivity index (χ0n) is 11.7. The molecule has 0 aromatic heterocycles. The molecule has 0 radical (unpaired) electrons. The van der Waals surface area contributed by atoms with Crippen molar-refractivity contribution in [2.75, 3.05) is 33.9 Å². The number of amidine groups is 1. The van der Waals surface area contributed by atoms with Gasteiger partial charge in [-0.05, 0) is 26.3 Å². The second kappa shape index (κ2) is 7.30. The zero-order valence-corrected chi connectivity index (χ0v) is 11.7. The maximum Gasteiger partial charge on any atom is 0.220 e. The first-order valence-corrected chi connectivity index (χ1v) is 6.50. The molecule has 1 rings (SSSR count). The largest absolute Gasteiger partial charge is 0.409 e. The van der Waals surface area contributed by atoms with Crippen LogP contribution < -0.4 is 11.1 Å². The molecule has 110 valence electrons. The third kappa shape index (κ3) is 4.36. The number of carbonyl (C=O) groups excluding carboxylic acids is 1. The van der Waals surface area contributed by atoms with Crippen LogP contribution in [-0.2, 0) is 9.53 Å². The average molecular weight is 272 g/mol. The molecular weight excluding hydrogens is 248 g/mol. The molecule has 1 aliphatic heterocycles. The number of likely N-dealkylation sites (tertiary alicyclic amines) is 1. The summed E-state index contributed by atoms with van der Waals surface area (Å²) in [5.41, 5.74) is 5.06. The number of nitrogens with zero attached hydrogens (tertiary/aromatic N) is 2. The Hall–Kier alpha value is -1.34. The van der Waals surface area contributed by atoms with Crippen molar-refractivity contribution in [2.45, 2.75) is 31.2 Å². The third-order valence-electron chi connectivity index (χ3n) is 3.57. The average Bonchev–Trinajstić information content (AvgIpc) is 2.41. The molecule has 19 heavy (non-hydrogen) atoms. The van der Waals surface area contributed by atoms with Crippen LogP contribution in [0.5, 0.6) is 0 Å². The van der Waals surface area contributed by atoms with Gasteiger partial charge in [0.15, 0.2) is 5.84 Å². The van der Waals surface area contributed by atoms with Gasteiger partial charge in [-0.25, -0.2) is 0 Å². The predicted octanol–water partition coefficient (Wildman–Crippen LogP) is -0.260. The van der Waals surface area contributed by atoms with E-state index in [9.17, 15) is 4.79 Å². The molecule has 0 unspecified atom stereocenters. The highest BCUT2D eigenvalue weighted by molar-refractivity contribution is 5.94. The number of amides is 1. The van der Waals surface area contributed by atoms with Gasteiger partial charge in [0.05, 0.1) is 0 Å². The van der Waals surface area contributed by atoms with Crippen LogP contribution in [0.1, 0.15) is 25.7 Å². The van der Waals surface area contributed by atoms with Gasteiger partial charge in [-0.2, -0.15) is 0 Å². The Labute approximate surface area is 113 Å². The number of methoxy groups -OCH3 is 1. The van der Waals surface area contributed by atoms with Crippen molar-refractivity contribution in [3.63, 3.8) is 0 Å². The molecule has 1 amide bonds. The summed E-state index contributed by atoms with van der Waals surface area (Å²) in [7, 11) is 3.61. The van der Waals surface area contributed by atoms with Crippen LogP contribution in [0.4, 0.5) is 0 Å². The van der Waals surface area contributed by atoms with Crippen LogP contribution in [0, 0.1) is 0 Å². The number of hydrogen-bond acceptors (Lipinski definition) is 5. The normalized spacial score (nSPS) is 20.2. The minimum absolute atomic E-state index is 0.0840. The molecule has 1 aliphatic rings. The molecule has 0 aliphatic carbocycles. The first-order chi connectivity index (χ1) is 9.04. The number of ether oxygens (including phenoxy) is 1. The summed E-state index contributed by atoms with van der Waals surface area (Å²) in [6.07, 6.45) is 2.34. The molecular formula is C12H24N4O3. The van der Waals surface area contributed by atoms with Crippen LogP contribution in [0.15, 0.2) is 5.16 Å². The Morgan fingerprint density at radius 3 is 2.68 bits per heavy atom. The van der Waals surface area contributed by atoms with Crippen LogP contribution in [0.25, 0.3) is 0 Å². The van der Waals surface area contributed by atoms with Crippen molar-refractivity contribution in [2.24, 2.45) is 10.9 Å². The maximum atomic E-state index is 11.9. The lowest BCUT2D eigenvalue weighted by Gasteiger charge is -2.40. The van der Waals surface area contributed by atoms with Gasteiger partial charge in [-0.1, -0.05) is 5.16 Å². The summed E-state index contributed by atoms with van der Waals surface area (Å²) < 4.78 is 4.91. The first-order valence-electron chi connectivity index (χ1n) is 6.50. The molecule has 0 bridgehead atoms. The Kier molecular flexibility index (Phi) is 6.04. The van der Waals surface area contributed by atoms with E-state index in [4.69, 9.17) is 15.7 Å². The summed E-state index contributed by atoms with van der Waals surface area (Å²) in [5.74, 6) is -0.00565. The third-order valence-corrected chi connectivity index (χ3v) is 3.57. The standard InChI is InChI=1S/C12H24N4O3/c1-16-7-5-12(6-8-16,11(13)15-18)14-10(17)4-3-9-19-2/h18H,3-9H2,1-2H3,(H2,13,15)(H,14,17). The van der Waals surface area contributed by atoms with E-state index in [1.54, 1.807) is 7.11 Å². The lowest BCUT2D eigenvalue weighted by Crippen LogP contribution is -2.62. The quantitative estimate of drug-likeness (QED) is 0.203. The summed E-state index contributed by atoms with van der Waals surface area (Å²) in [6.45, 7) is 2.15. The van der Waals surface area contributed by atoms with E-state index in [2.05, 4.69) is 15.4 Å².